The first-order valence-corrected chi connectivity index (χ1v) is 15.9. The van der Waals surface area contributed by atoms with Gasteiger partial charge in [0, 0.05) is 32.9 Å². The highest BCUT2D eigenvalue weighted by Gasteiger charge is 2.19. The summed E-state index contributed by atoms with van der Waals surface area (Å²) in [6.07, 6.45) is 0. The minimum atomic E-state index is 1.16. The van der Waals surface area contributed by atoms with Crippen LogP contribution in [0.25, 0.3) is 87.7 Å². The predicted octanol–water partition coefficient (Wildman–Crippen LogP) is 11.9. The second kappa shape index (κ2) is 9.69. The fourth-order valence-electron chi connectivity index (χ4n) is 7.47. The third-order valence-corrected chi connectivity index (χ3v) is 9.65. The van der Waals surface area contributed by atoms with E-state index in [1.54, 1.807) is 0 Å². The van der Waals surface area contributed by atoms with Crippen LogP contribution in [0, 0.1) is 0 Å². The number of hydrogen-bond donors (Lipinski definition) is 0. The molecule has 0 spiro atoms. The van der Waals surface area contributed by atoms with E-state index in [4.69, 9.17) is 0 Å². The van der Waals surface area contributed by atoms with E-state index in [9.17, 15) is 0 Å². The minimum absolute atomic E-state index is 1.16. The number of rotatable bonds is 3. The van der Waals surface area contributed by atoms with Gasteiger partial charge in [-0.1, -0.05) is 109 Å². The highest BCUT2D eigenvalue weighted by molar-refractivity contribution is 6.20. The van der Waals surface area contributed by atoms with Gasteiger partial charge in [0.25, 0.3) is 0 Å². The van der Waals surface area contributed by atoms with Crippen molar-refractivity contribution in [1.29, 1.82) is 0 Å². The summed E-state index contributed by atoms with van der Waals surface area (Å²) in [5, 5.41) is 10.1. The van der Waals surface area contributed by atoms with Crippen molar-refractivity contribution in [1.82, 2.24) is 9.13 Å². The first-order chi connectivity index (χ1) is 22.8. The van der Waals surface area contributed by atoms with Gasteiger partial charge in [-0.25, -0.2) is 0 Å². The van der Waals surface area contributed by atoms with Crippen LogP contribution in [0.1, 0.15) is 0 Å². The Labute approximate surface area is 266 Å². The van der Waals surface area contributed by atoms with Crippen molar-refractivity contribution in [3.05, 3.63) is 170 Å². The standard InChI is InChI=1S/C44H28N2/c1-2-14-35(15-3-1)46-42-26-33-13-7-6-12-32(33)25-38(42)40-27-39-37-16-8-9-17-41(37)45(43(39)28-44(40)46)36-22-20-30(21-23-36)34-19-18-29-10-4-5-11-31(29)24-34/h1-28H. The Morgan fingerprint density at radius 1 is 0.261 bits per heavy atom. The van der Waals surface area contributed by atoms with Gasteiger partial charge in [-0.2, -0.15) is 0 Å². The number of hydrogen-bond acceptors (Lipinski definition) is 0. The van der Waals surface area contributed by atoms with E-state index in [0.29, 0.717) is 0 Å². The summed E-state index contributed by atoms with van der Waals surface area (Å²) in [6.45, 7) is 0. The Morgan fingerprint density at radius 2 is 0.783 bits per heavy atom. The molecular weight excluding hydrogens is 556 g/mol. The zero-order chi connectivity index (χ0) is 30.2. The molecule has 0 saturated carbocycles. The molecule has 0 saturated heterocycles. The summed E-state index contributed by atoms with van der Waals surface area (Å²) in [5.41, 5.74) is 9.62. The van der Waals surface area contributed by atoms with Gasteiger partial charge in [0.05, 0.1) is 22.1 Å². The van der Waals surface area contributed by atoms with Crippen LogP contribution in [0.5, 0.6) is 0 Å². The number of para-hydroxylation sites is 2. The summed E-state index contributed by atoms with van der Waals surface area (Å²) >= 11 is 0. The lowest BCUT2D eigenvalue weighted by Crippen LogP contribution is -1.96. The van der Waals surface area contributed by atoms with Crippen molar-refractivity contribution in [2.24, 2.45) is 0 Å². The molecule has 0 aliphatic carbocycles. The van der Waals surface area contributed by atoms with Crippen LogP contribution in [0.4, 0.5) is 0 Å². The number of fused-ring (bicyclic) bond motifs is 8. The van der Waals surface area contributed by atoms with Crippen LogP contribution in [0.3, 0.4) is 0 Å². The SMILES string of the molecule is c1ccc(-n2c3cc4ccccc4cc3c3cc4c5ccccc5n(-c5ccc(-c6ccc7ccccc7c6)cc5)c4cc32)cc1. The first-order valence-electron chi connectivity index (χ1n) is 15.9. The lowest BCUT2D eigenvalue weighted by molar-refractivity contribution is 1.17. The van der Waals surface area contributed by atoms with E-state index in [0.717, 1.165) is 5.69 Å². The molecule has 2 heterocycles. The smallest absolute Gasteiger partial charge is 0.0562 e. The molecule has 0 aliphatic heterocycles. The van der Waals surface area contributed by atoms with Crippen molar-refractivity contribution < 1.29 is 0 Å². The Balaban J connectivity index is 1.24. The van der Waals surface area contributed by atoms with Gasteiger partial charge in [0.1, 0.15) is 0 Å². The normalized spacial score (nSPS) is 11.9. The van der Waals surface area contributed by atoms with Crippen molar-refractivity contribution in [3.63, 3.8) is 0 Å². The lowest BCUT2D eigenvalue weighted by atomic mass is 10.0. The fourth-order valence-corrected chi connectivity index (χ4v) is 7.47. The maximum absolute atomic E-state index is 2.43. The van der Waals surface area contributed by atoms with Crippen LogP contribution in [-0.2, 0) is 0 Å². The minimum Gasteiger partial charge on any atom is -0.309 e. The molecule has 46 heavy (non-hydrogen) atoms. The van der Waals surface area contributed by atoms with E-state index in [1.165, 1.54) is 82.0 Å². The largest absolute Gasteiger partial charge is 0.309 e. The summed E-state index contributed by atoms with van der Waals surface area (Å²) in [7, 11) is 0. The Kier molecular flexibility index (Phi) is 5.31. The van der Waals surface area contributed by atoms with Gasteiger partial charge in [-0.3, -0.25) is 0 Å². The van der Waals surface area contributed by atoms with Crippen molar-refractivity contribution >= 4 is 65.2 Å². The molecule has 0 aliphatic rings. The van der Waals surface area contributed by atoms with E-state index < -0.39 is 0 Å². The number of benzene rings is 8. The number of nitrogens with zero attached hydrogens (tertiary/aromatic N) is 2. The maximum Gasteiger partial charge on any atom is 0.0562 e. The highest BCUT2D eigenvalue weighted by Crippen LogP contribution is 2.41. The van der Waals surface area contributed by atoms with E-state index in [-0.39, 0.29) is 0 Å². The van der Waals surface area contributed by atoms with Gasteiger partial charge < -0.3 is 9.13 Å². The fraction of sp³-hybridized carbons (Fsp3) is 0. The third kappa shape index (κ3) is 3.71. The van der Waals surface area contributed by atoms with Crippen molar-refractivity contribution in [2.45, 2.75) is 0 Å². The van der Waals surface area contributed by atoms with Gasteiger partial charge in [0.15, 0.2) is 0 Å². The molecular formula is C44H28N2. The molecule has 8 aromatic carbocycles. The summed E-state index contributed by atoms with van der Waals surface area (Å²) in [4.78, 5) is 0. The second-order valence-electron chi connectivity index (χ2n) is 12.2. The van der Waals surface area contributed by atoms with Crippen molar-refractivity contribution in [3.8, 4) is 22.5 Å². The molecule has 2 nitrogen and oxygen atoms in total. The Bertz CT molecular complexity index is 2780. The maximum atomic E-state index is 2.43. The molecule has 0 amide bonds. The van der Waals surface area contributed by atoms with E-state index >= 15 is 0 Å². The zero-order valence-corrected chi connectivity index (χ0v) is 25.1. The Morgan fingerprint density at radius 3 is 1.57 bits per heavy atom. The lowest BCUT2D eigenvalue weighted by Gasteiger charge is -2.11. The number of aromatic nitrogens is 2. The summed E-state index contributed by atoms with van der Waals surface area (Å²) in [6, 6.07) is 62.1. The van der Waals surface area contributed by atoms with E-state index in [2.05, 4.69) is 179 Å². The molecule has 0 bridgehead atoms. The molecule has 0 atom stereocenters. The van der Waals surface area contributed by atoms with Crippen LogP contribution in [0.2, 0.25) is 0 Å². The summed E-state index contributed by atoms with van der Waals surface area (Å²) < 4.78 is 4.86. The highest BCUT2D eigenvalue weighted by atomic mass is 15.0. The molecule has 10 rings (SSSR count). The Hall–Kier alpha value is -6.12. The quantitative estimate of drug-likeness (QED) is 0.195. The van der Waals surface area contributed by atoms with Crippen molar-refractivity contribution in [2.75, 3.05) is 0 Å². The van der Waals surface area contributed by atoms with Gasteiger partial charge in [-0.15, -0.1) is 0 Å². The molecule has 214 valence electrons. The molecule has 2 aromatic heterocycles. The zero-order valence-electron chi connectivity index (χ0n) is 25.1. The van der Waals surface area contributed by atoms with Crippen LogP contribution in [-0.4, -0.2) is 9.13 Å². The molecule has 0 fully saturated rings. The topological polar surface area (TPSA) is 9.86 Å². The molecule has 2 heteroatoms. The van der Waals surface area contributed by atoms with Gasteiger partial charge in [-0.05, 0) is 93.3 Å². The first kappa shape index (κ1) is 25.2. The summed E-state index contributed by atoms with van der Waals surface area (Å²) in [5.74, 6) is 0. The van der Waals surface area contributed by atoms with Gasteiger partial charge >= 0.3 is 0 Å². The monoisotopic (exact) mass is 584 g/mol. The molecule has 10 aromatic rings. The van der Waals surface area contributed by atoms with E-state index in [1.807, 2.05) is 0 Å². The average molecular weight is 585 g/mol. The average Bonchev–Trinajstić information content (AvgIpc) is 3.61. The second-order valence-corrected chi connectivity index (χ2v) is 12.2. The molecule has 0 radical (unpaired) electrons. The van der Waals surface area contributed by atoms with Gasteiger partial charge in [0.2, 0.25) is 0 Å². The molecule has 0 unspecified atom stereocenters. The van der Waals surface area contributed by atoms with Crippen LogP contribution in [0.15, 0.2) is 170 Å². The molecule has 0 N–H and O–H groups in total. The third-order valence-electron chi connectivity index (χ3n) is 9.65. The van der Waals surface area contributed by atoms with Crippen LogP contribution >= 0.6 is 0 Å². The predicted molar refractivity (Wildman–Crippen MR) is 196 cm³/mol. The van der Waals surface area contributed by atoms with Crippen LogP contribution < -0.4 is 0 Å².